The number of nitrogens with zero attached hydrogens (tertiary/aromatic N) is 2. The van der Waals surface area contributed by atoms with Crippen LogP contribution in [-0.2, 0) is 4.79 Å². The van der Waals surface area contributed by atoms with Crippen LogP contribution in [0.25, 0.3) is 10.2 Å². The number of methoxy groups -OCH3 is 1. The quantitative estimate of drug-likeness (QED) is 0.367. The number of aromatic nitrogens is 1. The molecule has 4 rings (SSSR count). The van der Waals surface area contributed by atoms with E-state index in [1.807, 2.05) is 31.2 Å². The predicted octanol–water partition coefficient (Wildman–Crippen LogP) is 5.19. The first-order chi connectivity index (χ1) is 16.4. The standard InChI is InChI=1S/C26H26N4O3S/c1-17(26-29-22-6-4-5-7-23(22)34-26)30(2)24(31)16-27-19-10-8-18(9-11-19)25(32)28-20-12-14-21(33-3)15-13-20/h4-15,17,27H,16H2,1-3H3,(H,28,32)/t17-/m1/s1. The van der Waals surface area contributed by atoms with Crippen LogP contribution in [0.4, 0.5) is 11.4 Å². The van der Waals surface area contributed by atoms with E-state index in [-0.39, 0.29) is 24.4 Å². The van der Waals surface area contributed by atoms with E-state index in [1.54, 1.807) is 78.9 Å². The molecule has 0 aliphatic rings. The van der Waals surface area contributed by atoms with Gasteiger partial charge in [-0.15, -0.1) is 11.3 Å². The summed E-state index contributed by atoms with van der Waals surface area (Å²) < 4.78 is 6.24. The molecule has 4 aromatic rings. The second-order valence-electron chi connectivity index (χ2n) is 7.81. The molecule has 7 nitrogen and oxygen atoms in total. The highest BCUT2D eigenvalue weighted by atomic mass is 32.1. The molecule has 0 fully saturated rings. The van der Waals surface area contributed by atoms with Gasteiger partial charge in [-0.25, -0.2) is 4.98 Å². The second kappa shape index (κ2) is 10.4. The molecule has 0 radical (unpaired) electrons. The van der Waals surface area contributed by atoms with Gasteiger partial charge in [0.15, 0.2) is 0 Å². The summed E-state index contributed by atoms with van der Waals surface area (Å²) in [7, 11) is 3.38. The molecule has 174 valence electrons. The Morgan fingerprint density at radius 2 is 1.68 bits per heavy atom. The fourth-order valence-corrected chi connectivity index (χ4v) is 4.43. The number of para-hydroxylation sites is 1. The molecule has 1 aromatic heterocycles. The molecule has 0 spiro atoms. The van der Waals surface area contributed by atoms with E-state index in [9.17, 15) is 9.59 Å². The van der Waals surface area contributed by atoms with E-state index in [2.05, 4.69) is 15.6 Å². The van der Waals surface area contributed by atoms with Crippen molar-refractivity contribution in [3.05, 3.63) is 83.4 Å². The van der Waals surface area contributed by atoms with Crippen molar-refractivity contribution in [1.29, 1.82) is 0 Å². The summed E-state index contributed by atoms with van der Waals surface area (Å²) >= 11 is 1.60. The lowest BCUT2D eigenvalue weighted by molar-refractivity contribution is -0.129. The Hall–Kier alpha value is -3.91. The molecule has 0 saturated carbocycles. The molecule has 0 bridgehead atoms. The molecule has 0 aliphatic heterocycles. The molecule has 1 heterocycles. The predicted molar refractivity (Wildman–Crippen MR) is 137 cm³/mol. The molecule has 0 unspecified atom stereocenters. The highest BCUT2D eigenvalue weighted by Gasteiger charge is 2.20. The third-order valence-electron chi connectivity index (χ3n) is 5.58. The minimum absolute atomic E-state index is 0.0481. The Bertz CT molecular complexity index is 1250. The summed E-state index contributed by atoms with van der Waals surface area (Å²) in [6.07, 6.45) is 0. The molecule has 8 heteroatoms. The normalized spacial score (nSPS) is 11.6. The number of anilines is 2. The van der Waals surface area contributed by atoms with E-state index in [0.29, 0.717) is 11.3 Å². The number of ether oxygens (including phenoxy) is 1. The van der Waals surface area contributed by atoms with Gasteiger partial charge < -0.3 is 20.3 Å². The van der Waals surface area contributed by atoms with Crippen molar-refractivity contribution in [1.82, 2.24) is 9.88 Å². The molecule has 0 saturated heterocycles. The average molecular weight is 475 g/mol. The Balaban J connectivity index is 1.31. The zero-order valence-electron chi connectivity index (χ0n) is 19.2. The topological polar surface area (TPSA) is 83.6 Å². The minimum atomic E-state index is -0.211. The van der Waals surface area contributed by atoms with Crippen molar-refractivity contribution < 1.29 is 14.3 Å². The van der Waals surface area contributed by atoms with Crippen LogP contribution < -0.4 is 15.4 Å². The largest absolute Gasteiger partial charge is 0.497 e. The number of amides is 2. The van der Waals surface area contributed by atoms with E-state index >= 15 is 0 Å². The SMILES string of the molecule is COc1ccc(NC(=O)c2ccc(NCC(=O)N(C)[C@H](C)c3nc4ccccc4s3)cc2)cc1. The lowest BCUT2D eigenvalue weighted by Crippen LogP contribution is -2.34. The van der Waals surface area contributed by atoms with Crippen molar-refractivity contribution in [2.24, 2.45) is 0 Å². The summed E-state index contributed by atoms with van der Waals surface area (Å²) in [5, 5.41) is 6.89. The highest BCUT2D eigenvalue weighted by molar-refractivity contribution is 7.18. The monoisotopic (exact) mass is 474 g/mol. The number of rotatable bonds is 8. The van der Waals surface area contributed by atoms with Crippen molar-refractivity contribution in [2.75, 3.05) is 31.3 Å². The van der Waals surface area contributed by atoms with Gasteiger partial charge in [-0.1, -0.05) is 12.1 Å². The van der Waals surface area contributed by atoms with E-state index in [1.165, 1.54) is 0 Å². The third-order valence-corrected chi connectivity index (χ3v) is 6.79. The smallest absolute Gasteiger partial charge is 0.255 e. The zero-order valence-corrected chi connectivity index (χ0v) is 20.1. The van der Waals surface area contributed by atoms with Gasteiger partial charge in [0, 0.05) is 24.0 Å². The van der Waals surface area contributed by atoms with Gasteiger partial charge in [0.1, 0.15) is 10.8 Å². The first kappa shape index (κ1) is 23.3. The molecular weight excluding hydrogens is 448 g/mol. The average Bonchev–Trinajstić information content (AvgIpc) is 3.31. The Labute approximate surface area is 202 Å². The molecule has 3 aromatic carbocycles. The van der Waals surface area contributed by atoms with Crippen LogP contribution in [0, 0.1) is 0 Å². The molecule has 2 amide bonds. The zero-order chi connectivity index (χ0) is 24.1. The first-order valence-corrected chi connectivity index (χ1v) is 11.7. The van der Waals surface area contributed by atoms with Gasteiger partial charge >= 0.3 is 0 Å². The number of carbonyl (C=O) groups excluding carboxylic acids is 2. The number of hydrogen-bond acceptors (Lipinski definition) is 6. The maximum Gasteiger partial charge on any atom is 0.255 e. The third kappa shape index (κ3) is 5.35. The van der Waals surface area contributed by atoms with Crippen LogP contribution in [0.5, 0.6) is 5.75 Å². The van der Waals surface area contributed by atoms with E-state index < -0.39 is 0 Å². The number of nitrogens with one attached hydrogen (secondary N) is 2. The van der Waals surface area contributed by atoms with Gasteiger partial charge in [0.05, 0.1) is 29.9 Å². The first-order valence-electron chi connectivity index (χ1n) is 10.8. The lowest BCUT2D eigenvalue weighted by Gasteiger charge is -2.23. The molecular formula is C26H26N4O3S. The summed E-state index contributed by atoms with van der Waals surface area (Å²) in [5.74, 6) is 0.466. The maximum absolute atomic E-state index is 12.7. The van der Waals surface area contributed by atoms with Crippen LogP contribution >= 0.6 is 11.3 Å². The fraction of sp³-hybridized carbons (Fsp3) is 0.192. The van der Waals surface area contributed by atoms with Crippen molar-refractivity contribution in [2.45, 2.75) is 13.0 Å². The lowest BCUT2D eigenvalue weighted by atomic mass is 10.2. The number of fused-ring (bicyclic) bond motifs is 1. The number of thiazole rings is 1. The molecule has 0 aliphatic carbocycles. The summed E-state index contributed by atoms with van der Waals surface area (Å²) in [6, 6.07) is 22.0. The Kier molecular flexibility index (Phi) is 7.08. The molecule has 34 heavy (non-hydrogen) atoms. The van der Waals surface area contributed by atoms with Gasteiger partial charge in [-0.05, 0) is 67.6 Å². The highest BCUT2D eigenvalue weighted by Crippen LogP contribution is 2.28. The summed E-state index contributed by atoms with van der Waals surface area (Å²) in [5.41, 5.74) is 2.91. The van der Waals surface area contributed by atoms with Crippen molar-refractivity contribution in [3.8, 4) is 5.75 Å². The number of hydrogen-bond donors (Lipinski definition) is 2. The summed E-state index contributed by atoms with van der Waals surface area (Å²) in [4.78, 5) is 31.6. The van der Waals surface area contributed by atoms with E-state index in [0.717, 1.165) is 26.7 Å². The van der Waals surface area contributed by atoms with Gasteiger partial charge in [0.2, 0.25) is 5.91 Å². The summed E-state index contributed by atoms with van der Waals surface area (Å²) in [6.45, 7) is 2.12. The van der Waals surface area contributed by atoms with Crippen molar-refractivity contribution >= 4 is 44.7 Å². The number of benzene rings is 3. The van der Waals surface area contributed by atoms with Crippen LogP contribution in [0.15, 0.2) is 72.8 Å². The van der Waals surface area contributed by atoms with Crippen molar-refractivity contribution in [3.63, 3.8) is 0 Å². The Morgan fingerprint density at radius 3 is 2.35 bits per heavy atom. The van der Waals surface area contributed by atoms with Crippen LogP contribution in [-0.4, -0.2) is 42.4 Å². The molecule has 1 atom stereocenters. The van der Waals surface area contributed by atoms with Crippen LogP contribution in [0.1, 0.15) is 28.3 Å². The second-order valence-corrected chi connectivity index (χ2v) is 8.88. The number of carbonyl (C=O) groups is 2. The van der Waals surface area contributed by atoms with Gasteiger partial charge in [-0.2, -0.15) is 0 Å². The van der Waals surface area contributed by atoms with Crippen LogP contribution in [0.3, 0.4) is 0 Å². The van der Waals surface area contributed by atoms with Gasteiger partial charge in [0.25, 0.3) is 5.91 Å². The van der Waals surface area contributed by atoms with Crippen LogP contribution in [0.2, 0.25) is 0 Å². The van der Waals surface area contributed by atoms with E-state index in [4.69, 9.17) is 4.74 Å². The fourth-order valence-electron chi connectivity index (χ4n) is 3.37. The molecule has 2 N–H and O–H groups in total. The number of likely N-dealkylation sites (N-methyl/N-ethyl adjacent to an activating group) is 1. The maximum atomic E-state index is 12.7. The minimum Gasteiger partial charge on any atom is -0.497 e. The Morgan fingerprint density at radius 1 is 1.00 bits per heavy atom. The van der Waals surface area contributed by atoms with Gasteiger partial charge in [-0.3, -0.25) is 9.59 Å².